The molecule has 0 atom stereocenters. The molecule has 272 valence electrons. The molecule has 10 aromatic carbocycles. The number of fused-ring (bicyclic) bond motifs is 5. The molecule has 0 saturated carbocycles. The lowest BCUT2D eigenvalue weighted by Crippen LogP contribution is -2.10. The van der Waals surface area contributed by atoms with Gasteiger partial charge in [-0.05, 0) is 133 Å². The largest absolute Gasteiger partial charge is 0.310 e. The molecule has 0 bridgehead atoms. The van der Waals surface area contributed by atoms with Crippen molar-refractivity contribution in [3.05, 3.63) is 224 Å². The Morgan fingerprint density at radius 2 is 0.690 bits per heavy atom. The van der Waals surface area contributed by atoms with Gasteiger partial charge in [-0.3, -0.25) is 0 Å². The maximum absolute atomic E-state index is 2.37. The molecule has 58 heavy (non-hydrogen) atoms. The fourth-order valence-electron chi connectivity index (χ4n) is 8.40. The highest BCUT2D eigenvalue weighted by molar-refractivity contribution is 7.25. The standard InChI is InChI=1S/C56H37NS/c1-3-11-42-34-47(21-19-38(42)9-1)45-14-7-13-44(33-45)40-23-28-50(29-24-40)57(52-16-8-15-46(36-52)48-22-20-39-10-2-4-12-43(39)35-48)51-30-25-41(26-31-51)49-27-32-54-53-17-5-6-18-55(53)58-56(54)37-49/h1-37H. The number of hydrogen-bond donors (Lipinski definition) is 0. The van der Waals surface area contributed by atoms with Gasteiger partial charge in [-0.25, -0.2) is 0 Å². The van der Waals surface area contributed by atoms with Gasteiger partial charge in [-0.1, -0.05) is 158 Å². The van der Waals surface area contributed by atoms with E-state index in [0.717, 1.165) is 17.1 Å². The summed E-state index contributed by atoms with van der Waals surface area (Å²) in [6.07, 6.45) is 0. The van der Waals surface area contributed by atoms with E-state index in [9.17, 15) is 0 Å². The third kappa shape index (κ3) is 6.30. The molecule has 0 spiro atoms. The number of benzene rings is 10. The van der Waals surface area contributed by atoms with E-state index in [1.165, 1.54) is 86.2 Å². The van der Waals surface area contributed by atoms with Crippen molar-refractivity contribution in [2.45, 2.75) is 0 Å². The van der Waals surface area contributed by atoms with E-state index in [1.807, 2.05) is 11.3 Å². The summed E-state index contributed by atoms with van der Waals surface area (Å²) >= 11 is 1.86. The maximum Gasteiger partial charge on any atom is 0.0467 e. The SMILES string of the molecule is c1cc(-c2ccc(N(c3ccc(-c4ccc5c(c4)sc4ccccc45)cc3)c3cccc(-c4ccc5ccccc5c4)c3)cc2)cc(-c2ccc3ccccc3c2)c1. The van der Waals surface area contributed by atoms with E-state index in [2.05, 4.69) is 229 Å². The normalized spacial score (nSPS) is 11.4. The molecule has 0 N–H and O–H groups in total. The third-order valence-corrected chi connectivity index (χ3v) is 12.6. The molecule has 2 heteroatoms. The highest BCUT2D eigenvalue weighted by Crippen LogP contribution is 2.41. The molecule has 0 aliphatic carbocycles. The zero-order valence-corrected chi connectivity index (χ0v) is 32.5. The summed E-state index contributed by atoms with van der Waals surface area (Å²) in [6.45, 7) is 0. The first-order chi connectivity index (χ1) is 28.7. The predicted molar refractivity (Wildman–Crippen MR) is 251 cm³/mol. The first-order valence-electron chi connectivity index (χ1n) is 19.8. The fraction of sp³-hybridized carbons (Fsp3) is 0. The molecule has 1 aromatic heterocycles. The van der Waals surface area contributed by atoms with Crippen molar-refractivity contribution >= 4 is 70.1 Å². The minimum Gasteiger partial charge on any atom is -0.310 e. The van der Waals surface area contributed by atoms with Gasteiger partial charge in [0.15, 0.2) is 0 Å². The molecule has 11 rings (SSSR count). The number of rotatable bonds is 7. The Morgan fingerprint density at radius 3 is 1.33 bits per heavy atom. The first kappa shape index (κ1) is 34.0. The van der Waals surface area contributed by atoms with Crippen LogP contribution in [0.25, 0.3) is 86.2 Å². The van der Waals surface area contributed by atoms with Crippen LogP contribution in [-0.4, -0.2) is 0 Å². The zero-order valence-electron chi connectivity index (χ0n) is 31.7. The minimum atomic E-state index is 1.10. The second kappa shape index (κ2) is 14.4. The second-order valence-corrected chi connectivity index (χ2v) is 16.1. The van der Waals surface area contributed by atoms with E-state index in [1.54, 1.807) is 0 Å². The topological polar surface area (TPSA) is 3.24 Å². The van der Waals surface area contributed by atoms with Crippen molar-refractivity contribution in [1.82, 2.24) is 0 Å². The summed E-state index contributed by atoms with van der Waals surface area (Å²) < 4.78 is 2.65. The van der Waals surface area contributed by atoms with Gasteiger partial charge in [0, 0.05) is 37.2 Å². The van der Waals surface area contributed by atoms with Crippen molar-refractivity contribution in [3.8, 4) is 44.5 Å². The van der Waals surface area contributed by atoms with Crippen LogP contribution in [0.5, 0.6) is 0 Å². The average molecular weight is 756 g/mol. The summed E-state index contributed by atoms with van der Waals surface area (Å²) in [5.74, 6) is 0. The van der Waals surface area contributed by atoms with Crippen LogP contribution in [0.2, 0.25) is 0 Å². The number of hydrogen-bond acceptors (Lipinski definition) is 2. The van der Waals surface area contributed by atoms with Gasteiger partial charge in [0.25, 0.3) is 0 Å². The highest BCUT2D eigenvalue weighted by atomic mass is 32.1. The molecule has 1 nitrogen and oxygen atoms in total. The van der Waals surface area contributed by atoms with Gasteiger partial charge >= 0.3 is 0 Å². The Labute approximate surface area is 342 Å². The fourth-order valence-corrected chi connectivity index (χ4v) is 9.54. The van der Waals surface area contributed by atoms with Crippen LogP contribution in [0.15, 0.2) is 224 Å². The van der Waals surface area contributed by atoms with Crippen molar-refractivity contribution in [3.63, 3.8) is 0 Å². The zero-order chi connectivity index (χ0) is 38.4. The Hall–Kier alpha value is -7.26. The van der Waals surface area contributed by atoms with E-state index in [0.29, 0.717) is 0 Å². The highest BCUT2D eigenvalue weighted by Gasteiger charge is 2.15. The van der Waals surface area contributed by atoms with Gasteiger partial charge in [0.2, 0.25) is 0 Å². The summed E-state index contributed by atoms with van der Waals surface area (Å²) in [7, 11) is 0. The molecule has 0 aliphatic rings. The molecular weight excluding hydrogens is 719 g/mol. The molecule has 0 amide bonds. The quantitative estimate of drug-likeness (QED) is 0.157. The maximum atomic E-state index is 2.37. The number of anilines is 3. The van der Waals surface area contributed by atoms with E-state index in [4.69, 9.17) is 0 Å². The molecule has 0 fully saturated rings. The lowest BCUT2D eigenvalue weighted by molar-refractivity contribution is 1.28. The average Bonchev–Trinajstić information content (AvgIpc) is 3.67. The van der Waals surface area contributed by atoms with Crippen LogP contribution < -0.4 is 4.90 Å². The molecule has 11 aromatic rings. The monoisotopic (exact) mass is 755 g/mol. The lowest BCUT2D eigenvalue weighted by Gasteiger charge is -2.26. The predicted octanol–water partition coefficient (Wildman–Crippen LogP) is 16.5. The molecule has 0 radical (unpaired) electrons. The molecular formula is C56H37NS. The van der Waals surface area contributed by atoms with Gasteiger partial charge < -0.3 is 4.90 Å². The van der Waals surface area contributed by atoms with Crippen LogP contribution in [0.1, 0.15) is 0 Å². The van der Waals surface area contributed by atoms with Crippen LogP contribution in [0.3, 0.4) is 0 Å². The Kier molecular flexibility index (Phi) is 8.42. The van der Waals surface area contributed by atoms with Gasteiger partial charge in [0.1, 0.15) is 0 Å². The number of thiophene rings is 1. The second-order valence-electron chi connectivity index (χ2n) is 15.0. The molecule has 0 saturated heterocycles. The van der Waals surface area contributed by atoms with Crippen molar-refractivity contribution in [2.24, 2.45) is 0 Å². The molecule has 1 heterocycles. The molecule has 0 aliphatic heterocycles. The van der Waals surface area contributed by atoms with Gasteiger partial charge in [0.05, 0.1) is 0 Å². The van der Waals surface area contributed by atoms with Crippen molar-refractivity contribution in [2.75, 3.05) is 4.90 Å². The summed E-state index contributed by atoms with van der Waals surface area (Å²) in [5.41, 5.74) is 12.9. The van der Waals surface area contributed by atoms with E-state index >= 15 is 0 Å². The van der Waals surface area contributed by atoms with Crippen molar-refractivity contribution < 1.29 is 0 Å². The lowest BCUT2D eigenvalue weighted by atomic mass is 9.97. The van der Waals surface area contributed by atoms with Gasteiger partial charge in [-0.2, -0.15) is 0 Å². The van der Waals surface area contributed by atoms with E-state index in [-0.39, 0.29) is 0 Å². The van der Waals surface area contributed by atoms with Crippen LogP contribution in [0, 0.1) is 0 Å². The van der Waals surface area contributed by atoms with Crippen LogP contribution in [-0.2, 0) is 0 Å². The van der Waals surface area contributed by atoms with Gasteiger partial charge in [-0.15, -0.1) is 11.3 Å². The van der Waals surface area contributed by atoms with E-state index < -0.39 is 0 Å². The van der Waals surface area contributed by atoms with Crippen LogP contribution >= 0.6 is 11.3 Å². The summed E-state index contributed by atoms with van der Waals surface area (Å²) in [6, 6.07) is 82.0. The smallest absolute Gasteiger partial charge is 0.0467 e. The minimum absolute atomic E-state index is 1.10. The first-order valence-corrected chi connectivity index (χ1v) is 20.6. The Bertz CT molecular complexity index is 3280. The Morgan fingerprint density at radius 1 is 0.241 bits per heavy atom. The molecule has 0 unspecified atom stereocenters. The third-order valence-electron chi connectivity index (χ3n) is 11.4. The van der Waals surface area contributed by atoms with Crippen LogP contribution in [0.4, 0.5) is 17.1 Å². The summed E-state index contributed by atoms with van der Waals surface area (Å²) in [4.78, 5) is 2.37. The van der Waals surface area contributed by atoms with Crippen molar-refractivity contribution in [1.29, 1.82) is 0 Å². The number of nitrogens with zero attached hydrogens (tertiary/aromatic N) is 1. The summed E-state index contributed by atoms with van der Waals surface area (Å²) in [5, 5.41) is 7.65. The Balaban J connectivity index is 0.965.